The van der Waals surface area contributed by atoms with Crippen molar-refractivity contribution in [3.8, 4) is 0 Å². The first-order valence-electron chi connectivity index (χ1n) is 7.44. The second-order valence-corrected chi connectivity index (χ2v) is 6.51. The molecule has 4 heteroatoms. The molecule has 0 spiro atoms. The van der Waals surface area contributed by atoms with Gasteiger partial charge in [0.25, 0.3) is 5.91 Å². The van der Waals surface area contributed by atoms with Gasteiger partial charge in [0.15, 0.2) is 0 Å². The molecule has 1 amide bonds. The van der Waals surface area contributed by atoms with Crippen molar-refractivity contribution in [1.29, 1.82) is 0 Å². The van der Waals surface area contributed by atoms with Crippen LogP contribution in [0.15, 0.2) is 59.1 Å². The van der Waals surface area contributed by atoms with Crippen LogP contribution in [0.2, 0.25) is 0 Å². The van der Waals surface area contributed by atoms with Gasteiger partial charge in [0.05, 0.1) is 26.2 Å². The summed E-state index contributed by atoms with van der Waals surface area (Å²) in [6.07, 6.45) is 0.944. The zero-order valence-electron chi connectivity index (χ0n) is 13.0. The van der Waals surface area contributed by atoms with Gasteiger partial charge in [-0.05, 0) is 33.6 Å². The molecule has 2 rings (SSSR count). The summed E-state index contributed by atoms with van der Waals surface area (Å²) in [5.41, 5.74) is 1.97. The van der Waals surface area contributed by atoms with Crippen molar-refractivity contribution >= 4 is 21.8 Å². The summed E-state index contributed by atoms with van der Waals surface area (Å²) >= 11 is 3.42. The topological polar surface area (TPSA) is 33.5 Å². The number of hydrogen-bond donors (Lipinski definition) is 2. The average Bonchev–Trinajstić information content (AvgIpc) is 2.52. The molecule has 0 aliphatic rings. The molecule has 2 aromatic rings. The van der Waals surface area contributed by atoms with Crippen molar-refractivity contribution in [2.45, 2.75) is 12.5 Å². The number of quaternary nitrogens is 1. The molecular weight excluding hydrogens is 340 g/mol. The Morgan fingerprint density at radius 3 is 2.36 bits per heavy atom. The van der Waals surface area contributed by atoms with Gasteiger partial charge in [-0.15, -0.1) is 0 Å². The first-order chi connectivity index (χ1) is 10.6. The number of hydrogen-bond acceptors (Lipinski definition) is 1. The summed E-state index contributed by atoms with van der Waals surface area (Å²) in [4.78, 5) is 13.6. The second-order valence-electron chi connectivity index (χ2n) is 5.65. The van der Waals surface area contributed by atoms with Gasteiger partial charge in [-0.3, -0.25) is 4.79 Å². The molecule has 0 aliphatic heterocycles. The van der Waals surface area contributed by atoms with Crippen LogP contribution in [0, 0.1) is 0 Å². The zero-order valence-corrected chi connectivity index (χ0v) is 14.6. The maximum atomic E-state index is 12.3. The lowest BCUT2D eigenvalue weighted by molar-refractivity contribution is -0.884. The van der Waals surface area contributed by atoms with Crippen molar-refractivity contribution in [3.63, 3.8) is 0 Å². The van der Waals surface area contributed by atoms with E-state index in [0.29, 0.717) is 18.2 Å². The van der Waals surface area contributed by atoms with Crippen molar-refractivity contribution in [2.24, 2.45) is 0 Å². The third-order valence-electron chi connectivity index (χ3n) is 3.77. The van der Waals surface area contributed by atoms with Crippen LogP contribution in [-0.4, -0.2) is 32.6 Å². The average molecular weight is 362 g/mol. The number of nitrogens with one attached hydrogen (secondary N) is 2. The fourth-order valence-electron chi connectivity index (χ4n) is 2.34. The van der Waals surface area contributed by atoms with Crippen LogP contribution in [0.25, 0.3) is 0 Å². The Morgan fingerprint density at radius 1 is 1.09 bits per heavy atom. The van der Waals surface area contributed by atoms with Crippen LogP contribution in [-0.2, 0) is 6.42 Å². The van der Waals surface area contributed by atoms with Crippen LogP contribution in [0.5, 0.6) is 0 Å². The fourth-order valence-corrected chi connectivity index (χ4v) is 2.80. The smallest absolute Gasteiger partial charge is 0.252 e. The Morgan fingerprint density at radius 2 is 1.73 bits per heavy atom. The van der Waals surface area contributed by atoms with Gasteiger partial charge in [-0.1, -0.05) is 42.5 Å². The monoisotopic (exact) mass is 361 g/mol. The summed E-state index contributed by atoms with van der Waals surface area (Å²) in [6.45, 7) is 0.650. The van der Waals surface area contributed by atoms with Crippen LogP contribution in [0.3, 0.4) is 0 Å². The summed E-state index contributed by atoms with van der Waals surface area (Å²) in [5.74, 6) is -0.0354. The van der Waals surface area contributed by atoms with E-state index in [4.69, 9.17) is 0 Å². The molecule has 0 bridgehead atoms. The molecule has 0 unspecified atom stereocenters. The summed E-state index contributed by atoms with van der Waals surface area (Å²) < 4.78 is 0.823. The van der Waals surface area contributed by atoms with E-state index in [1.165, 1.54) is 10.5 Å². The quantitative estimate of drug-likeness (QED) is 0.809. The van der Waals surface area contributed by atoms with Crippen LogP contribution >= 0.6 is 15.9 Å². The van der Waals surface area contributed by atoms with E-state index in [2.05, 4.69) is 59.6 Å². The maximum absolute atomic E-state index is 12.3. The minimum atomic E-state index is -0.0354. The molecule has 0 saturated heterocycles. The lowest BCUT2D eigenvalue weighted by Gasteiger charge is -2.22. The van der Waals surface area contributed by atoms with E-state index >= 15 is 0 Å². The Kier molecular flexibility index (Phi) is 6.16. The second kappa shape index (κ2) is 8.11. The number of likely N-dealkylation sites (N-methyl/N-ethyl adjacent to an activating group) is 1. The van der Waals surface area contributed by atoms with Gasteiger partial charge in [-0.25, -0.2) is 0 Å². The van der Waals surface area contributed by atoms with Crippen molar-refractivity contribution < 1.29 is 9.69 Å². The van der Waals surface area contributed by atoms with Crippen LogP contribution in [0.4, 0.5) is 0 Å². The van der Waals surface area contributed by atoms with Gasteiger partial charge in [0, 0.05) is 10.9 Å². The molecule has 0 heterocycles. The Labute approximate surface area is 140 Å². The number of amides is 1. The van der Waals surface area contributed by atoms with Crippen molar-refractivity contribution in [3.05, 3.63) is 70.2 Å². The molecule has 2 aromatic carbocycles. The number of rotatable bonds is 6. The normalized spacial score (nSPS) is 12.2. The van der Waals surface area contributed by atoms with Gasteiger partial charge in [0.2, 0.25) is 0 Å². The zero-order chi connectivity index (χ0) is 15.9. The third kappa shape index (κ3) is 4.68. The molecule has 0 aliphatic carbocycles. The van der Waals surface area contributed by atoms with Gasteiger partial charge in [-0.2, -0.15) is 0 Å². The summed E-state index contributed by atoms with van der Waals surface area (Å²) in [5, 5.41) is 3.05. The van der Waals surface area contributed by atoms with E-state index in [9.17, 15) is 4.79 Å². The third-order valence-corrected chi connectivity index (χ3v) is 4.46. The van der Waals surface area contributed by atoms with E-state index in [0.717, 1.165) is 10.9 Å². The predicted molar refractivity (Wildman–Crippen MR) is 93.2 cm³/mol. The Hall–Kier alpha value is -1.65. The van der Waals surface area contributed by atoms with Gasteiger partial charge >= 0.3 is 0 Å². The van der Waals surface area contributed by atoms with Gasteiger partial charge in [0.1, 0.15) is 6.04 Å². The molecular formula is C18H22BrN2O+. The molecule has 2 N–H and O–H groups in total. The number of benzene rings is 2. The molecule has 0 aromatic heterocycles. The van der Waals surface area contributed by atoms with Crippen LogP contribution < -0.4 is 10.2 Å². The molecule has 22 heavy (non-hydrogen) atoms. The SMILES string of the molecule is C[NH+](C)[C@@H](CNC(=O)c1ccccc1Br)Cc1ccccc1. The van der Waals surface area contributed by atoms with E-state index in [1.54, 1.807) is 0 Å². The first-order valence-corrected chi connectivity index (χ1v) is 8.24. The molecule has 0 fully saturated rings. The highest BCUT2D eigenvalue weighted by Gasteiger charge is 2.18. The molecule has 0 radical (unpaired) electrons. The lowest BCUT2D eigenvalue weighted by Crippen LogP contribution is -3.11. The largest absolute Gasteiger partial charge is 0.346 e. The fraction of sp³-hybridized carbons (Fsp3) is 0.278. The number of carbonyl (C=O) groups excluding carboxylic acids is 1. The van der Waals surface area contributed by atoms with E-state index in [1.807, 2.05) is 30.3 Å². The van der Waals surface area contributed by atoms with E-state index in [-0.39, 0.29) is 5.91 Å². The predicted octanol–water partition coefficient (Wildman–Crippen LogP) is 1.93. The van der Waals surface area contributed by atoms with Crippen molar-refractivity contribution in [2.75, 3.05) is 20.6 Å². The van der Waals surface area contributed by atoms with E-state index < -0.39 is 0 Å². The Bertz CT molecular complexity index is 613. The van der Waals surface area contributed by atoms with Crippen molar-refractivity contribution in [1.82, 2.24) is 5.32 Å². The van der Waals surface area contributed by atoms with Crippen LogP contribution in [0.1, 0.15) is 15.9 Å². The summed E-state index contributed by atoms with van der Waals surface area (Å²) in [6, 6.07) is 18.2. The highest BCUT2D eigenvalue weighted by Crippen LogP contribution is 2.15. The lowest BCUT2D eigenvalue weighted by atomic mass is 10.1. The molecule has 1 atom stereocenters. The van der Waals surface area contributed by atoms with Gasteiger partial charge < -0.3 is 10.2 Å². The molecule has 3 nitrogen and oxygen atoms in total. The summed E-state index contributed by atoms with van der Waals surface area (Å²) in [7, 11) is 4.25. The molecule has 0 saturated carbocycles. The minimum absolute atomic E-state index is 0.0354. The highest BCUT2D eigenvalue weighted by molar-refractivity contribution is 9.10. The molecule has 116 valence electrons. The standard InChI is InChI=1S/C18H21BrN2O/c1-21(2)15(12-14-8-4-3-5-9-14)13-20-18(22)16-10-6-7-11-17(16)19/h3-11,15H,12-13H2,1-2H3,(H,20,22)/p+1/t15-/m1/s1. The number of halogens is 1. The highest BCUT2D eigenvalue weighted by atomic mass is 79.9. The Balaban J connectivity index is 1.97. The maximum Gasteiger partial charge on any atom is 0.252 e. The minimum Gasteiger partial charge on any atom is -0.346 e. The number of carbonyl (C=O) groups is 1. The first kappa shape index (κ1) is 16.7.